The number of nitrogens with zero attached hydrogens (tertiary/aromatic N) is 6. The first-order valence-corrected chi connectivity index (χ1v) is 39.7. The van der Waals surface area contributed by atoms with Gasteiger partial charge in [0.15, 0.2) is 17.4 Å². The Morgan fingerprint density at radius 2 is 0.667 bits per heavy atom. The lowest BCUT2D eigenvalue weighted by atomic mass is 9.78. The van der Waals surface area contributed by atoms with Gasteiger partial charge in [-0.05, 0) is 105 Å². The molecular formula is C99H72BF3N6O7S. The minimum absolute atomic E-state index is 0. The van der Waals surface area contributed by atoms with Gasteiger partial charge in [0.2, 0.25) is 0 Å². The summed E-state index contributed by atoms with van der Waals surface area (Å²) in [6.07, 6.45) is 0. The number of halogens is 3. The van der Waals surface area contributed by atoms with E-state index in [9.17, 15) is 21.6 Å². The topological polar surface area (TPSA) is 150 Å². The van der Waals surface area contributed by atoms with Crippen LogP contribution in [0.5, 0.6) is 5.75 Å². The lowest BCUT2D eigenvalue weighted by molar-refractivity contribution is -0.0500. The highest BCUT2D eigenvalue weighted by atomic mass is 32.2. The lowest BCUT2D eigenvalue weighted by Crippen LogP contribution is -2.41. The van der Waals surface area contributed by atoms with Gasteiger partial charge in [-0.15, -0.1) is 0 Å². The molecule has 0 unspecified atom stereocenters. The number of fused-ring (bicyclic) bond motifs is 12. The summed E-state index contributed by atoms with van der Waals surface area (Å²) in [6.45, 7) is 8.26. The highest BCUT2D eigenvalue weighted by molar-refractivity contribution is 7.88. The van der Waals surface area contributed by atoms with E-state index in [0.29, 0.717) is 44.6 Å². The van der Waals surface area contributed by atoms with Crippen molar-refractivity contribution >= 4 is 110 Å². The van der Waals surface area contributed by atoms with Crippen molar-refractivity contribution in [2.75, 3.05) is 0 Å². The van der Waals surface area contributed by atoms with Gasteiger partial charge in [0.25, 0.3) is 0 Å². The minimum atomic E-state index is -5.92. The number of hydrogen-bond acceptors (Lipinski definition) is 11. The molecule has 117 heavy (non-hydrogen) atoms. The molecule has 7 heterocycles. The molecular weight excluding hydrogens is 1480 g/mol. The predicted molar refractivity (Wildman–Crippen MR) is 465 cm³/mol. The Morgan fingerprint density at radius 1 is 0.333 bits per heavy atom. The highest BCUT2D eigenvalue weighted by Crippen LogP contribution is 2.46. The Hall–Kier alpha value is -14.0. The third-order valence-electron chi connectivity index (χ3n) is 21.9. The summed E-state index contributed by atoms with van der Waals surface area (Å²) in [7, 11) is -6.35. The predicted octanol–water partition coefficient (Wildman–Crippen LogP) is 25.1. The minimum Gasteiger partial charge on any atom is -0.456 e. The van der Waals surface area contributed by atoms with Crippen LogP contribution in [-0.4, -0.2) is 61.3 Å². The smallest absolute Gasteiger partial charge is 0.456 e. The third-order valence-corrected chi connectivity index (χ3v) is 22.9. The molecule has 1 fully saturated rings. The fraction of sp³-hybridized carbons (Fsp3) is 0.0707. The summed E-state index contributed by atoms with van der Waals surface area (Å²) >= 11 is 0. The molecule has 0 N–H and O–H groups in total. The van der Waals surface area contributed by atoms with Crippen LogP contribution in [0.4, 0.5) is 13.2 Å². The maximum Gasteiger partial charge on any atom is 0.534 e. The summed E-state index contributed by atoms with van der Waals surface area (Å²) in [4.78, 5) is 20.1. The highest BCUT2D eigenvalue weighted by Gasteiger charge is 2.52. The number of para-hydroxylation sites is 6. The Morgan fingerprint density at radius 3 is 1.09 bits per heavy atom. The van der Waals surface area contributed by atoms with E-state index in [0.717, 1.165) is 122 Å². The molecule has 1 aliphatic heterocycles. The largest absolute Gasteiger partial charge is 0.534 e. The van der Waals surface area contributed by atoms with E-state index < -0.39 is 39.7 Å². The van der Waals surface area contributed by atoms with Crippen LogP contribution in [0.25, 0.3) is 178 Å². The van der Waals surface area contributed by atoms with Crippen LogP contribution in [0.2, 0.25) is 0 Å². The first-order valence-electron chi connectivity index (χ1n) is 38.3. The van der Waals surface area contributed by atoms with E-state index in [1.165, 1.54) is 22.9 Å². The van der Waals surface area contributed by atoms with Crippen molar-refractivity contribution in [2.45, 2.75) is 44.4 Å². The van der Waals surface area contributed by atoms with E-state index in [-0.39, 0.29) is 7.11 Å². The Kier molecular flexibility index (Phi) is 18.4. The maximum atomic E-state index is 13.3. The van der Waals surface area contributed by atoms with Gasteiger partial charge in [0, 0.05) is 95.6 Å². The first-order chi connectivity index (χ1) is 56.8. The van der Waals surface area contributed by atoms with E-state index in [4.69, 9.17) is 42.3 Å². The van der Waals surface area contributed by atoms with E-state index in [1.807, 2.05) is 133 Å². The van der Waals surface area contributed by atoms with Gasteiger partial charge in [-0.1, -0.05) is 273 Å². The molecule has 0 saturated carbocycles. The zero-order valence-electron chi connectivity index (χ0n) is 63.6. The molecule has 21 rings (SSSR count). The number of benzene rings is 14. The van der Waals surface area contributed by atoms with Crippen molar-refractivity contribution in [3.63, 3.8) is 0 Å². The van der Waals surface area contributed by atoms with Crippen molar-refractivity contribution in [2.24, 2.45) is 0 Å². The molecule has 6 aromatic heterocycles. The second-order valence-electron chi connectivity index (χ2n) is 29.8. The van der Waals surface area contributed by atoms with E-state index in [2.05, 4.69) is 190 Å². The van der Waals surface area contributed by atoms with Crippen molar-refractivity contribution in [3.05, 3.63) is 352 Å². The quantitative estimate of drug-likeness (QED) is 0.0653. The van der Waals surface area contributed by atoms with Gasteiger partial charge in [0.1, 0.15) is 22.3 Å². The second-order valence-corrected chi connectivity index (χ2v) is 31.3. The summed E-state index contributed by atoms with van der Waals surface area (Å²) < 4.78 is 97.6. The third kappa shape index (κ3) is 13.7. The van der Waals surface area contributed by atoms with Crippen molar-refractivity contribution < 1.29 is 45.3 Å². The average molecular weight is 1560 g/mol. The first kappa shape index (κ1) is 73.2. The molecule has 0 atom stereocenters. The normalized spacial score (nSPS) is 13.4. The summed E-state index contributed by atoms with van der Waals surface area (Å²) in [5, 5.41) is 7.38. The summed E-state index contributed by atoms with van der Waals surface area (Å²) in [5.41, 5.74) is 13.8. The summed E-state index contributed by atoms with van der Waals surface area (Å²) in [6, 6.07) is 116. The summed E-state index contributed by atoms with van der Waals surface area (Å²) in [5.74, 6) is 0.900. The zero-order valence-corrected chi connectivity index (χ0v) is 64.5. The second kappa shape index (κ2) is 29.4. The molecule has 0 amide bonds. The van der Waals surface area contributed by atoms with Crippen LogP contribution in [-0.2, 0) is 19.4 Å². The molecule has 13 nitrogen and oxygen atoms in total. The van der Waals surface area contributed by atoms with Gasteiger partial charge in [-0.25, -0.2) is 19.9 Å². The fourth-order valence-electron chi connectivity index (χ4n) is 15.5. The molecule has 18 heteroatoms. The number of aromatic nitrogens is 6. The number of rotatable bonds is 12. The fourth-order valence-corrected chi connectivity index (χ4v) is 16.0. The van der Waals surface area contributed by atoms with Crippen molar-refractivity contribution in [1.29, 1.82) is 0 Å². The molecule has 20 aromatic rings. The van der Waals surface area contributed by atoms with E-state index in [1.54, 1.807) is 53.1 Å². The Balaban J connectivity index is 0.000000126. The van der Waals surface area contributed by atoms with Crippen LogP contribution in [0.15, 0.2) is 361 Å². The van der Waals surface area contributed by atoms with Gasteiger partial charge < -0.3 is 31.5 Å². The molecule has 0 aliphatic carbocycles. The van der Waals surface area contributed by atoms with Crippen LogP contribution >= 0.6 is 0 Å². The van der Waals surface area contributed by atoms with Crippen LogP contribution in [0.1, 0.15) is 29.1 Å². The molecule has 1 saturated heterocycles. The average Bonchev–Trinajstić information content (AvgIpc) is 1.58. The molecule has 0 radical (unpaired) electrons. The molecule has 1 aliphatic rings. The monoisotopic (exact) mass is 1560 g/mol. The lowest BCUT2D eigenvalue weighted by Gasteiger charge is -2.32. The molecule has 570 valence electrons. The van der Waals surface area contributed by atoms with Gasteiger partial charge in [0.05, 0.1) is 67.4 Å². The van der Waals surface area contributed by atoms with Gasteiger partial charge in [-0.2, -0.15) is 21.6 Å². The number of hydrogen-bond donors (Lipinski definition) is 0. The molecule has 0 spiro atoms. The zero-order chi connectivity index (χ0) is 79.7. The van der Waals surface area contributed by atoms with Crippen molar-refractivity contribution in [1.82, 2.24) is 29.1 Å². The van der Waals surface area contributed by atoms with Crippen LogP contribution in [0.3, 0.4) is 0 Å². The Labute approximate surface area is 672 Å². The van der Waals surface area contributed by atoms with Gasteiger partial charge >= 0.3 is 22.7 Å². The van der Waals surface area contributed by atoms with E-state index >= 15 is 0 Å². The standard InChI is InChI=1S/C46H29N3O.C28H27BN2O2.C25H14F3NO4S.H2/c1-3-14-30(15-4-1)39-28-40(31-16-5-2-6-17-31)48-46(47-39)33-19-13-18-32(26-33)37-27-38-36-22-9-12-25-44(36)50-45(38)29-43(37)49-41-23-10-7-20-34(41)35-21-8-11-24-42(35)49;1-27(2)28(3,4)33-29(32-27)23-17-11-16-22(18-23)26-30-24(20-12-7-5-8-13-20)19-25(31-26)21-14-9-6-10-15-21;26-25(27,28)34(30,31)33-24-13-18-17-9-3-6-12-22(17)32-23(18)14-21(24)29-19-10-4-1-7-15(19)16-8-2-5-11-20(16)29;/h1-29H;5-19H,1-4H3;1-14H;1H/i;;;1+1. The number of furan rings is 2. The SMILES string of the molecule is CC1(C)OB(c2cccc(-c3nc(-c4ccccc4)cc(-c4ccccc4)n3)c2)OC1(C)C.O=S(=O)(Oc1cc2c(cc1-n1c3ccccc3c3ccccc31)oc1ccccc12)C(F)(F)F.[2HH].c1ccc(-c2cc(-c3ccccc3)nc(-c3cccc(-c4cc5c(cc4-n4c6ccccc6c6ccccc64)oc4ccccc45)c3)n2)cc1. The Bertz CT molecular complexity index is 7110. The molecule has 14 aromatic carbocycles. The van der Waals surface area contributed by atoms with Crippen molar-refractivity contribution in [3.8, 4) is 96.1 Å². The molecule has 0 bridgehead atoms. The van der Waals surface area contributed by atoms with Gasteiger partial charge in [-0.3, -0.25) is 0 Å². The van der Waals surface area contributed by atoms with Crippen LogP contribution < -0.4 is 9.65 Å². The van der Waals surface area contributed by atoms with Crippen LogP contribution in [0, 0.1) is 0 Å². The number of alkyl halides is 3. The maximum absolute atomic E-state index is 13.3.